The van der Waals surface area contributed by atoms with Crippen molar-refractivity contribution < 1.29 is 14.3 Å². The largest absolute Gasteiger partial charge is 0.372 e. The van der Waals surface area contributed by atoms with Crippen LogP contribution in [0.5, 0.6) is 0 Å². The molecule has 1 aromatic heterocycles. The first-order valence-electron chi connectivity index (χ1n) is 10.1. The molecule has 0 N–H and O–H groups in total. The van der Waals surface area contributed by atoms with Gasteiger partial charge in [0.05, 0.1) is 0 Å². The zero-order valence-electron chi connectivity index (χ0n) is 16.4. The van der Waals surface area contributed by atoms with Crippen molar-refractivity contribution in [3.05, 3.63) is 30.1 Å². The monoisotopic (exact) mass is 373 g/mol. The minimum atomic E-state index is 0.0261. The number of carbonyl (C=O) groups excluding carboxylic acids is 2. The van der Waals surface area contributed by atoms with E-state index in [0.29, 0.717) is 19.6 Å². The average Bonchev–Trinajstić information content (AvgIpc) is 2.69. The standard InChI is InChI=1S/C21H31N3O3/c1-2-3-13-27-15-20(26)23-12-4-8-21(16-23)9-5-19(25)24(17-21)14-18-6-10-22-11-7-18/h6-7,10-11H,2-5,8-9,12-17H2,1H3/t21-/m1/s1. The maximum absolute atomic E-state index is 12.5. The third-order valence-electron chi connectivity index (χ3n) is 5.75. The van der Waals surface area contributed by atoms with E-state index in [0.717, 1.165) is 57.3 Å². The van der Waals surface area contributed by atoms with Gasteiger partial charge < -0.3 is 14.5 Å². The minimum absolute atomic E-state index is 0.0261. The van der Waals surface area contributed by atoms with Crippen LogP contribution in [0.15, 0.2) is 24.5 Å². The Bertz CT molecular complexity index is 637. The first-order valence-corrected chi connectivity index (χ1v) is 10.1. The number of ether oxygens (including phenoxy) is 1. The molecule has 1 atom stereocenters. The van der Waals surface area contributed by atoms with Crippen LogP contribution in [0.25, 0.3) is 0 Å². The summed E-state index contributed by atoms with van der Waals surface area (Å²) in [4.78, 5) is 33.0. The van der Waals surface area contributed by atoms with Gasteiger partial charge in [-0.3, -0.25) is 14.6 Å². The summed E-state index contributed by atoms with van der Waals surface area (Å²) in [7, 11) is 0. The molecule has 1 aromatic rings. The molecule has 2 aliphatic rings. The van der Waals surface area contributed by atoms with Crippen LogP contribution in [0, 0.1) is 5.41 Å². The van der Waals surface area contributed by atoms with Crippen molar-refractivity contribution in [2.45, 2.75) is 52.0 Å². The summed E-state index contributed by atoms with van der Waals surface area (Å²) < 4.78 is 5.52. The summed E-state index contributed by atoms with van der Waals surface area (Å²) >= 11 is 0. The molecule has 0 radical (unpaired) electrons. The average molecular weight is 373 g/mol. The quantitative estimate of drug-likeness (QED) is 0.689. The SMILES string of the molecule is CCCCOCC(=O)N1CCC[C@@]2(CCC(=O)N(Cc3ccncc3)C2)C1. The molecule has 0 aliphatic carbocycles. The summed E-state index contributed by atoms with van der Waals surface area (Å²) in [5.74, 6) is 0.298. The molecule has 6 heteroatoms. The lowest BCUT2D eigenvalue weighted by Crippen LogP contribution is -2.55. The lowest BCUT2D eigenvalue weighted by atomic mass is 9.73. The molecule has 2 aliphatic heterocycles. The Labute approximate surface area is 161 Å². The van der Waals surface area contributed by atoms with Crippen molar-refractivity contribution in [1.82, 2.24) is 14.8 Å². The topological polar surface area (TPSA) is 62.7 Å². The number of piperidine rings is 2. The maximum Gasteiger partial charge on any atom is 0.248 e. The van der Waals surface area contributed by atoms with E-state index in [-0.39, 0.29) is 23.8 Å². The number of carbonyl (C=O) groups is 2. The van der Waals surface area contributed by atoms with Crippen LogP contribution < -0.4 is 0 Å². The van der Waals surface area contributed by atoms with Crippen molar-refractivity contribution in [3.63, 3.8) is 0 Å². The Morgan fingerprint density at radius 2 is 2.07 bits per heavy atom. The van der Waals surface area contributed by atoms with Crippen LogP contribution >= 0.6 is 0 Å². The third-order valence-corrected chi connectivity index (χ3v) is 5.75. The molecule has 2 saturated heterocycles. The Balaban J connectivity index is 1.59. The fourth-order valence-electron chi connectivity index (χ4n) is 4.21. The summed E-state index contributed by atoms with van der Waals surface area (Å²) in [5.41, 5.74) is 1.13. The molecule has 0 bridgehead atoms. The van der Waals surface area contributed by atoms with Gasteiger partial charge in [-0.05, 0) is 43.4 Å². The number of rotatable bonds is 7. The first-order chi connectivity index (χ1) is 13.1. The number of likely N-dealkylation sites (tertiary alicyclic amines) is 2. The van der Waals surface area contributed by atoms with Crippen molar-refractivity contribution >= 4 is 11.8 Å². The highest BCUT2D eigenvalue weighted by atomic mass is 16.5. The molecule has 2 amide bonds. The predicted octanol–water partition coefficient (Wildman–Crippen LogP) is 2.63. The lowest BCUT2D eigenvalue weighted by Gasteiger charge is -2.48. The zero-order valence-corrected chi connectivity index (χ0v) is 16.4. The number of pyridine rings is 1. The third kappa shape index (κ3) is 5.28. The van der Waals surface area contributed by atoms with Gasteiger partial charge in [0.2, 0.25) is 11.8 Å². The smallest absolute Gasteiger partial charge is 0.248 e. The fraction of sp³-hybridized carbons (Fsp3) is 0.667. The molecule has 148 valence electrons. The number of hydrogen-bond donors (Lipinski definition) is 0. The molecule has 27 heavy (non-hydrogen) atoms. The van der Waals surface area contributed by atoms with Gasteiger partial charge >= 0.3 is 0 Å². The van der Waals surface area contributed by atoms with Gasteiger partial charge in [-0.25, -0.2) is 0 Å². The highest BCUT2D eigenvalue weighted by Crippen LogP contribution is 2.39. The van der Waals surface area contributed by atoms with Crippen molar-refractivity contribution in [3.8, 4) is 0 Å². The predicted molar refractivity (Wildman–Crippen MR) is 103 cm³/mol. The van der Waals surface area contributed by atoms with Gasteiger partial charge in [0, 0.05) is 57.0 Å². The van der Waals surface area contributed by atoms with Crippen LogP contribution in [-0.4, -0.2) is 59.4 Å². The fourth-order valence-corrected chi connectivity index (χ4v) is 4.21. The maximum atomic E-state index is 12.5. The van der Waals surface area contributed by atoms with E-state index in [1.165, 1.54) is 0 Å². The molecule has 1 spiro atoms. The van der Waals surface area contributed by atoms with Crippen LogP contribution in [0.2, 0.25) is 0 Å². The first kappa shape index (κ1) is 19.8. The van der Waals surface area contributed by atoms with E-state index in [2.05, 4.69) is 11.9 Å². The Hall–Kier alpha value is -1.95. The van der Waals surface area contributed by atoms with Crippen LogP contribution in [0.1, 0.15) is 51.0 Å². The molecular formula is C21H31N3O3. The van der Waals surface area contributed by atoms with Gasteiger partial charge in [-0.15, -0.1) is 0 Å². The molecule has 2 fully saturated rings. The second kappa shape index (κ2) is 9.31. The van der Waals surface area contributed by atoms with Gasteiger partial charge in [-0.1, -0.05) is 13.3 Å². The van der Waals surface area contributed by atoms with Crippen LogP contribution in [0.4, 0.5) is 0 Å². The molecular weight excluding hydrogens is 342 g/mol. The van der Waals surface area contributed by atoms with Crippen LogP contribution in [0.3, 0.4) is 0 Å². The second-order valence-corrected chi connectivity index (χ2v) is 7.93. The molecule has 3 rings (SSSR count). The van der Waals surface area contributed by atoms with Crippen LogP contribution in [-0.2, 0) is 20.9 Å². The summed E-state index contributed by atoms with van der Waals surface area (Å²) in [6.07, 6.45) is 9.11. The van der Waals surface area contributed by atoms with E-state index >= 15 is 0 Å². The van der Waals surface area contributed by atoms with Gasteiger partial charge in [0.15, 0.2) is 0 Å². The summed E-state index contributed by atoms with van der Waals surface area (Å²) in [6, 6.07) is 3.91. The van der Waals surface area contributed by atoms with Crippen molar-refractivity contribution in [1.29, 1.82) is 0 Å². The number of amides is 2. The molecule has 0 saturated carbocycles. The van der Waals surface area contributed by atoms with E-state index in [1.807, 2.05) is 21.9 Å². The minimum Gasteiger partial charge on any atom is -0.372 e. The Morgan fingerprint density at radius 1 is 1.26 bits per heavy atom. The van der Waals surface area contributed by atoms with Gasteiger partial charge in [-0.2, -0.15) is 0 Å². The van der Waals surface area contributed by atoms with E-state index in [9.17, 15) is 9.59 Å². The lowest BCUT2D eigenvalue weighted by molar-refractivity contribution is -0.145. The summed E-state index contributed by atoms with van der Waals surface area (Å²) in [5, 5.41) is 0. The number of unbranched alkanes of at least 4 members (excludes halogenated alkanes) is 1. The number of hydrogen-bond acceptors (Lipinski definition) is 4. The molecule has 0 unspecified atom stereocenters. The highest BCUT2D eigenvalue weighted by molar-refractivity contribution is 5.78. The normalized spacial score (nSPS) is 23.1. The Morgan fingerprint density at radius 3 is 2.85 bits per heavy atom. The number of aromatic nitrogens is 1. The van der Waals surface area contributed by atoms with Gasteiger partial charge in [0.1, 0.15) is 6.61 Å². The van der Waals surface area contributed by atoms with E-state index in [1.54, 1.807) is 12.4 Å². The highest BCUT2D eigenvalue weighted by Gasteiger charge is 2.42. The van der Waals surface area contributed by atoms with Gasteiger partial charge in [0.25, 0.3) is 0 Å². The molecule has 0 aromatic carbocycles. The molecule has 6 nitrogen and oxygen atoms in total. The second-order valence-electron chi connectivity index (χ2n) is 7.93. The van der Waals surface area contributed by atoms with E-state index < -0.39 is 0 Å². The Kier molecular flexibility index (Phi) is 6.83. The molecule has 3 heterocycles. The zero-order chi connectivity index (χ0) is 19.1. The number of nitrogens with zero attached hydrogens (tertiary/aromatic N) is 3. The summed E-state index contributed by atoms with van der Waals surface area (Å²) in [6.45, 7) is 5.83. The van der Waals surface area contributed by atoms with E-state index in [4.69, 9.17) is 4.74 Å². The van der Waals surface area contributed by atoms with Crippen molar-refractivity contribution in [2.24, 2.45) is 5.41 Å². The van der Waals surface area contributed by atoms with Crippen molar-refractivity contribution in [2.75, 3.05) is 32.8 Å².